The van der Waals surface area contributed by atoms with Crippen LogP contribution >= 0.6 is 0 Å². The first-order valence-corrected chi connectivity index (χ1v) is 9.70. The Kier molecular flexibility index (Phi) is 7.32. The molecular weight excluding hydrogens is 374 g/mol. The molecule has 0 aromatic heterocycles. The van der Waals surface area contributed by atoms with Crippen molar-refractivity contribution in [1.82, 2.24) is 4.90 Å². The zero-order valence-corrected chi connectivity index (χ0v) is 16.7. The maximum atomic E-state index is 11.6. The normalized spacial score (nSPS) is 16.3. The summed E-state index contributed by atoms with van der Waals surface area (Å²) in [7, 11) is 1.92. The lowest BCUT2D eigenvalue weighted by atomic mass is 10.2. The van der Waals surface area contributed by atoms with Gasteiger partial charge in [-0.05, 0) is 50.4 Å². The molecule has 2 atom stereocenters. The third-order valence-electron chi connectivity index (χ3n) is 4.41. The maximum Gasteiger partial charge on any atom is 0.338 e. The van der Waals surface area contributed by atoms with E-state index in [1.54, 1.807) is 31.2 Å². The number of likely N-dealkylation sites (N-methyl/N-ethyl adjacent to an activating group) is 1. The van der Waals surface area contributed by atoms with Gasteiger partial charge in [0.2, 0.25) is 0 Å². The number of aliphatic hydroxyl groups is 1. The van der Waals surface area contributed by atoms with Crippen LogP contribution in [0.2, 0.25) is 0 Å². The second kappa shape index (κ2) is 10.1. The van der Waals surface area contributed by atoms with E-state index >= 15 is 0 Å². The number of fused-ring (bicyclic) bond motifs is 1. The molecule has 1 aliphatic rings. The topological polar surface area (TPSA) is 77.5 Å². The van der Waals surface area contributed by atoms with Gasteiger partial charge in [0.25, 0.3) is 0 Å². The second-order valence-electron chi connectivity index (χ2n) is 6.93. The van der Waals surface area contributed by atoms with Gasteiger partial charge in [0.15, 0.2) is 11.5 Å². The minimum atomic E-state index is -0.665. The standard InChI is InChI=1S/C22H27NO6/c1-3-26-22(25)16-8-10-18(11-9-16)27-14-17(24)12-23(2)13-19-15-28-20-6-4-5-7-21(20)29-19/h4-11,17,19,24H,3,12-15H2,1-2H3. The van der Waals surface area contributed by atoms with Crippen LogP contribution in [0.4, 0.5) is 0 Å². The molecule has 29 heavy (non-hydrogen) atoms. The molecule has 0 aliphatic carbocycles. The lowest BCUT2D eigenvalue weighted by Crippen LogP contribution is -2.42. The van der Waals surface area contributed by atoms with Crippen LogP contribution in [-0.4, -0.2) is 68.1 Å². The number of esters is 1. The molecule has 156 valence electrons. The molecule has 1 heterocycles. The summed E-state index contributed by atoms with van der Waals surface area (Å²) in [5.41, 5.74) is 0.468. The van der Waals surface area contributed by atoms with E-state index in [0.717, 1.165) is 11.5 Å². The van der Waals surface area contributed by atoms with Crippen molar-refractivity contribution in [3.63, 3.8) is 0 Å². The van der Waals surface area contributed by atoms with Gasteiger partial charge in [-0.2, -0.15) is 0 Å². The lowest BCUT2D eigenvalue weighted by Gasteiger charge is -2.30. The van der Waals surface area contributed by atoms with E-state index in [1.807, 2.05) is 36.2 Å². The van der Waals surface area contributed by atoms with Gasteiger partial charge in [0.05, 0.1) is 12.2 Å². The monoisotopic (exact) mass is 401 g/mol. The van der Waals surface area contributed by atoms with Gasteiger partial charge in [-0.25, -0.2) is 4.79 Å². The number of carbonyl (C=O) groups excluding carboxylic acids is 1. The molecule has 2 unspecified atom stereocenters. The Labute approximate surface area is 170 Å². The number of hydrogen-bond donors (Lipinski definition) is 1. The molecule has 0 radical (unpaired) electrons. The first kappa shape index (κ1) is 21.0. The number of benzene rings is 2. The minimum Gasteiger partial charge on any atom is -0.491 e. The van der Waals surface area contributed by atoms with Crippen LogP contribution in [0.5, 0.6) is 17.2 Å². The van der Waals surface area contributed by atoms with Crippen LogP contribution < -0.4 is 14.2 Å². The second-order valence-corrected chi connectivity index (χ2v) is 6.93. The molecule has 1 aliphatic heterocycles. The molecule has 3 rings (SSSR count). The van der Waals surface area contributed by atoms with Crippen molar-refractivity contribution in [1.29, 1.82) is 0 Å². The summed E-state index contributed by atoms with van der Waals surface area (Å²) in [4.78, 5) is 13.6. The smallest absolute Gasteiger partial charge is 0.338 e. The predicted molar refractivity (Wildman–Crippen MR) is 108 cm³/mol. The van der Waals surface area contributed by atoms with Crippen LogP contribution in [0.25, 0.3) is 0 Å². The van der Waals surface area contributed by atoms with Crippen molar-refractivity contribution in [3.8, 4) is 17.2 Å². The Bertz CT molecular complexity index is 794. The highest BCUT2D eigenvalue weighted by atomic mass is 16.6. The van der Waals surface area contributed by atoms with Crippen molar-refractivity contribution in [3.05, 3.63) is 54.1 Å². The van der Waals surface area contributed by atoms with E-state index in [2.05, 4.69) is 0 Å². The largest absolute Gasteiger partial charge is 0.491 e. The Hall–Kier alpha value is -2.77. The fraction of sp³-hybridized carbons (Fsp3) is 0.409. The van der Waals surface area contributed by atoms with Gasteiger partial charge in [0.1, 0.15) is 31.2 Å². The summed E-state index contributed by atoms with van der Waals surface area (Å²) in [6.45, 7) is 3.78. The van der Waals surface area contributed by atoms with Gasteiger partial charge >= 0.3 is 5.97 Å². The van der Waals surface area contributed by atoms with Crippen LogP contribution in [0.1, 0.15) is 17.3 Å². The molecule has 7 nitrogen and oxygen atoms in total. The third kappa shape index (κ3) is 6.10. The highest BCUT2D eigenvalue weighted by Crippen LogP contribution is 2.30. The summed E-state index contributed by atoms with van der Waals surface area (Å²) in [5, 5.41) is 10.3. The fourth-order valence-electron chi connectivity index (χ4n) is 3.08. The van der Waals surface area contributed by atoms with E-state index in [0.29, 0.717) is 37.6 Å². The number of carbonyl (C=O) groups is 1. The van der Waals surface area contributed by atoms with Crippen molar-refractivity contribution in [2.75, 3.05) is 40.0 Å². The average molecular weight is 401 g/mol. The summed E-state index contributed by atoms with van der Waals surface area (Å²) in [5.74, 6) is 1.72. The Morgan fingerprint density at radius 1 is 1.21 bits per heavy atom. The lowest BCUT2D eigenvalue weighted by molar-refractivity contribution is 0.0373. The zero-order valence-electron chi connectivity index (χ0n) is 16.7. The predicted octanol–water partition coefficient (Wildman–Crippen LogP) is 2.37. The number of aliphatic hydroxyl groups excluding tert-OH is 1. The third-order valence-corrected chi connectivity index (χ3v) is 4.41. The Balaban J connectivity index is 1.40. The van der Waals surface area contributed by atoms with Crippen molar-refractivity contribution < 1.29 is 28.8 Å². The molecule has 2 aromatic carbocycles. The van der Waals surface area contributed by atoms with E-state index in [-0.39, 0.29) is 18.7 Å². The number of hydrogen-bond acceptors (Lipinski definition) is 7. The van der Waals surface area contributed by atoms with E-state index in [9.17, 15) is 9.90 Å². The molecule has 7 heteroatoms. The Morgan fingerprint density at radius 3 is 2.66 bits per heavy atom. The van der Waals surface area contributed by atoms with Crippen LogP contribution in [-0.2, 0) is 4.74 Å². The highest BCUT2D eigenvalue weighted by molar-refractivity contribution is 5.89. The first-order valence-electron chi connectivity index (χ1n) is 9.70. The average Bonchev–Trinajstić information content (AvgIpc) is 2.72. The molecule has 0 fully saturated rings. The van der Waals surface area contributed by atoms with Gasteiger partial charge < -0.3 is 24.1 Å². The van der Waals surface area contributed by atoms with Gasteiger partial charge in [0, 0.05) is 13.1 Å². The maximum absolute atomic E-state index is 11.6. The minimum absolute atomic E-state index is 0.0987. The van der Waals surface area contributed by atoms with Gasteiger partial charge in [-0.15, -0.1) is 0 Å². The molecule has 0 bridgehead atoms. The number of nitrogens with zero attached hydrogens (tertiary/aromatic N) is 1. The summed E-state index contributed by atoms with van der Waals surface area (Å²) >= 11 is 0. The Morgan fingerprint density at radius 2 is 1.93 bits per heavy atom. The SMILES string of the molecule is CCOC(=O)c1ccc(OCC(O)CN(C)CC2COc3ccccc3O2)cc1. The molecule has 2 aromatic rings. The van der Waals surface area contributed by atoms with E-state index < -0.39 is 6.10 Å². The number of rotatable bonds is 9. The van der Waals surface area contributed by atoms with Crippen molar-refractivity contribution in [2.45, 2.75) is 19.1 Å². The number of para-hydroxylation sites is 2. The van der Waals surface area contributed by atoms with Crippen LogP contribution in [0.3, 0.4) is 0 Å². The number of ether oxygens (including phenoxy) is 4. The van der Waals surface area contributed by atoms with Crippen molar-refractivity contribution >= 4 is 5.97 Å². The van der Waals surface area contributed by atoms with Crippen LogP contribution in [0, 0.1) is 0 Å². The molecule has 0 amide bonds. The summed E-state index contributed by atoms with van der Waals surface area (Å²) < 4.78 is 22.2. The van der Waals surface area contributed by atoms with E-state index in [4.69, 9.17) is 18.9 Å². The summed E-state index contributed by atoms with van der Waals surface area (Å²) in [6.07, 6.45) is -0.764. The van der Waals surface area contributed by atoms with Crippen LogP contribution in [0.15, 0.2) is 48.5 Å². The zero-order chi connectivity index (χ0) is 20.6. The van der Waals surface area contributed by atoms with Gasteiger partial charge in [-0.3, -0.25) is 4.90 Å². The summed E-state index contributed by atoms with van der Waals surface area (Å²) in [6, 6.07) is 14.3. The highest BCUT2D eigenvalue weighted by Gasteiger charge is 2.22. The first-order chi connectivity index (χ1) is 14.0. The fourth-order valence-corrected chi connectivity index (χ4v) is 3.08. The molecule has 0 saturated carbocycles. The van der Waals surface area contributed by atoms with Crippen molar-refractivity contribution in [2.24, 2.45) is 0 Å². The molecule has 0 saturated heterocycles. The van der Waals surface area contributed by atoms with Gasteiger partial charge in [-0.1, -0.05) is 12.1 Å². The molecular formula is C22H27NO6. The quantitative estimate of drug-likeness (QED) is 0.647. The molecule has 0 spiro atoms. The van der Waals surface area contributed by atoms with E-state index in [1.165, 1.54) is 0 Å². The molecule has 1 N–H and O–H groups in total.